The van der Waals surface area contributed by atoms with Gasteiger partial charge in [0, 0.05) is 25.0 Å². The van der Waals surface area contributed by atoms with E-state index in [1.807, 2.05) is 37.3 Å². The first-order chi connectivity index (χ1) is 9.56. The Morgan fingerprint density at radius 2 is 1.95 bits per heavy atom. The van der Waals surface area contributed by atoms with E-state index < -0.39 is 10.0 Å². The molecule has 0 bridgehead atoms. The van der Waals surface area contributed by atoms with Gasteiger partial charge in [0.05, 0.1) is 11.5 Å². The summed E-state index contributed by atoms with van der Waals surface area (Å²) in [6, 6.07) is 10.8. The van der Waals surface area contributed by atoms with Crippen molar-refractivity contribution in [3.8, 4) is 0 Å². The smallest absolute Gasteiger partial charge is 0.242 e. The number of nitrogens with zero attached hydrogens (tertiary/aromatic N) is 1. The molecule has 0 aliphatic heterocycles. The van der Waals surface area contributed by atoms with Crippen LogP contribution in [0.25, 0.3) is 0 Å². The molecule has 108 valence electrons. The van der Waals surface area contributed by atoms with Gasteiger partial charge in [-0.25, -0.2) is 13.1 Å². The third-order valence-electron chi connectivity index (χ3n) is 3.08. The maximum Gasteiger partial charge on any atom is 0.242 e. The second-order valence-corrected chi connectivity index (χ2v) is 6.19. The van der Waals surface area contributed by atoms with Gasteiger partial charge >= 0.3 is 0 Å². The molecule has 0 amide bonds. The Morgan fingerprint density at radius 1 is 1.25 bits per heavy atom. The van der Waals surface area contributed by atoms with Gasteiger partial charge < -0.3 is 9.67 Å². The van der Waals surface area contributed by atoms with Crippen molar-refractivity contribution in [3.63, 3.8) is 0 Å². The average molecular weight is 294 g/mol. The first-order valence-corrected chi connectivity index (χ1v) is 7.88. The topological polar surface area (TPSA) is 71.3 Å². The van der Waals surface area contributed by atoms with Gasteiger partial charge in [0.25, 0.3) is 0 Å². The van der Waals surface area contributed by atoms with Gasteiger partial charge in [-0.15, -0.1) is 0 Å². The molecule has 0 unspecified atom stereocenters. The Balaban J connectivity index is 2.16. The van der Waals surface area contributed by atoms with Gasteiger partial charge in [-0.05, 0) is 18.6 Å². The first kappa shape index (κ1) is 14.8. The van der Waals surface area contributed by atoms with Crippen LogP contribution in [0.1, 0.15) is 18.2 Å². The van der Waals surface area contributed by atoms with Crippen LogP contribution in [0.15, 0.2) is 47.5 Å². The monoisotopic (exact) mass is 294 g/mol. The summed E-state index contributed by atoms with van der Waals surface area (Å²) in [5, 5.41) is 9.20. The molecule has 20 heavy (non-hydrogen) atoms. The van der Waals surface area contributed by atoms with Gasteiger partial charge in [-0.2, -0.15) is 0 Å². The van der Waals surface area contributed by atoms with E-state index in [1.165, 1.54) is 6.07 Å². The molecule has 0 radical (unpaired) electrons. The van der Waals surface area contributed by atoms with Gasteiger partial charge in [-0.1, -0.05) is 30.3 Å². The zero-order valence-electron chi connectivity index (χ0n) is 11.3. The summed E-state index contributed by atoms with van der Waals surface area (Å²) in [4.78, 5) is 0.180. The number of rotatable bonds is 6. The van der Waals surface area contributed by atoms with Crippen LogP contribution in [0.2, 0.25) is 0 Å². The van der Waals surface area contributed by atoms with Crippen molar-refractivity contribution in [2.75, 3.05) is 0 Å². The summed E-state index contributed by atoms with van der Waals surface area (Å²) >= 11 is 0. The highest BCUT2D eigenvalue weighted by molar-refractivity contribution is 7.89. The predicted molar refractivity (Wildman–Crippen MR) is 76.5 cm³/mol. The maximum absolute atomic E-state index is 12.2. The molecule has 0 saturated heterocycles. The summed E-state index contributed by atoms with van der Waals surface area (Å²) in [6.45, 7) is 2.58. The fourth-order valence-electron chi connectivity index (χ4n) is 1.96. The quantitative estimate of drug-likeness (QED) is 0.847. The molecular weight excluding hydrogens is 276 g/mol. The highest BCUT2D eigenvalue weighted by atomic mass is 32.2. The van der Waals surface area contributed by atoms with E-state index in [1.54, 1.807) is 10.8 Å². The van der Waals surface area contributed by atoms with Crippen molar-refractivity contribution in [2.24, 2.45) is 0 Å². The molecule has 2 rings (SSSR count). The summed E-state index contributed by atoms with van der Waals surface area (Å²) in [7, 11) is -3.56. The number of hydrogen-bond donors (Lipinski definition) is 2. The van der Waals surface area contributed by atoms with Crippen molar-refractivity contribution < 1.29 is 13.5 Å². The van der Waals surface area contributed by atoms with Gasteiger partial charge in [-0.3, -0.25) is 0 Å². The number of aromatic nitrogens is 1. The number of aliphatic hydroxyl groups is 1. The molecule has 5 nitrogen and oxygen atoms in total. The van der Waals surface area contributed by atoms with E-state index in [-0.39, 0.29) is 18.0 Å². The van der Waals surface area contributed by atoms with Crippen LogP contribution in [0.3, 0.4) is 0 Å². The lowest BCUT2D eigenvalue weighted by Gasteiger charge is -2.05. The van der Waals surface area contributed by atoms with E-state index in [0.717, 1.165) is 5.56 Å². The van der Waals surface area contributed by atoms with E-state index in [4.69, 9.17) is 0 Å². The molecule has 0 spiro atoms. The lowest BCUT2D eigenvalue weighted by molar-refractivity contribution is 0.271. The molecule has 0 fully saturated rings. The molecule has 2 N–H and O–H groups in total. The van der Waals surface area contributed by atoms with Gasteiger partial charge in [0.2, 0.25) is 10.0 Å². The van der Waals surface area contributed by atoms with Crippen LogP contribution in [0.4, 0.5) is 0 Å². The highest BCUT2D eigenvalue weighted by Gasteiger charge is 2.17. The lowest BCUT2D eigenvalue weighted by atomic mass is 10.2. The van der Waals surface area contributed by atoms with Gasteiger partial charge in [0.15, 0.2) is 0 Å². The molecule has 1 aromatic carbocycles. The standard InChI is InChI=1S/C14H18N2O3S/c1-2-16-10-14(8-13(16)11-17)20(18,19)15-9-12-6-4-3-5-7-12/h3-8,10,15,17H,2,9,11H2,1H3. The van der Waals surface area contributed by atoms with Crippen LogP contribution in [0, 0.1) is 0 Å². The molecule has 0 saturated carbocycles. The number of hydrogen-bond acceptors (Lipinski definition) is 3. The van der Waals surface area contributed by atoms with Crippen LogP contribution in [0.5, 0.6) is 0 Å². The van der Waals surface area contributed by atoms with Crippen LogP contribution < -0.4 is 4.72 Å². The molecule has 6 heteroatoms. The van der Waals surface area contributed by atoms with E-state index in [9.17, 15) is 13.5 Å². The summed E-state index contributed by atoms with van der Waals surface area (Å²) in [6.07, 6.45) is 1.54. The number of sulfonamides is 1. The molecular formula is C14H18N2O3S. The first-order valence-electron chi connectivity index (χ1n) is 6.40. The Morgan fingerprint density at radius 3 is 2.50 bits per heavy atom. The number of aryl methyl sites for hydroxylation is 1. The predicted octanol–water partition coefficient (Wildman–Crippen LogP) is 1.48. The molecule has 1 aromatic heterocycles. The Labute approximate surface area is 118 Å². The van der Waals surface area contributed by atoms with Crippen LogP contribution in [-0.2, 0) is 29.7 Å². The maximum atomic E-state index is 12.2. The minimum atomic E-state index is -3.56. The zero-order chi connectivity index (χ0) is 14.6. The number of aliphatic hydroxyl groups excluding tert-OH is 1. The molecule has 1 heterocycles. The normalized spacial score (nSPS) is 11.7. The second kappa shape index (κ2) is 6.21. The van der Waals surface area contributed by atoms with E-state index >= 15 is 0 Å². The average Bonchev–Trinajstić information content (AvgIpc) is 2.90. The highest BCUT2D eigenvalue weighted by Crippen LogP contribution is 2.15. The zero-order valence-corrected chi connectivity index (χ0v) is 12.1. The molecule has 0 aliphatic rings. The van der Waals surface area contributed by atoms with Crippen molar-refractivity contribution in [1.82, 2.24) is 9.29 Å². The minimum Gasteiger partial charge on any atom is -0.390 e. The molecule has 0 aliphatic carbocycles. The number of benzene rings is 1. The minimum absolute atomic E-state index is 0.179. The van der Waals surface area contributed by atoms with E-state index in [2.05, 4.69) is 4.72 Å². The van der Waals surface area contributed by atoms with Crippen LogP contribution in [-0.4, -0.2) is 18.1 Å². The van der Waals surface area contributed by atoms with Crippen molar-refractivity contribution >= 4 is 10.0 Å². The third-order valence-corrected chi connectivity index (χ3v) is 4.45. The largest absolute Gasteiger partial charge is 0.390 e. The SMILES string of the molecule is CCn1cc(S(=O)(=O)NCc2ccccc2)cc1CO. The van der Waals surface area contributed by atoms with E-state index in [0.29, 0.717) is 12.2 Å². The second-order valence-electron chi connectivity index (χ2n) is 4.42. The number of nitrogens with one attached hydrogen (secondary N) is 1. The van der Waals surface area contributed by atoms with Crippen molar-refractivity contribution in [2.45, 2.75) is 31.5 Å². The van der Waals surface area contributed by atoms with Crippen LogP contribution >= 0.6 is 0 Å². The summed E-state index contributed by atoms with van der Waals surface area (Å²) in [5.41, 5.74) is 1.49. The third kappa shape index (κ3) is 3.27. The Kier molecular flexibility index (Phi) is 4.59. The molecule has 2 aromatic rings. The lowest BCUT2D eigenvalue weighted by Crippen LogP contribution is -2.22. The molecule has 0 atom stereocenters. The fourth-order valence-corrected chi connectivity index (χ4v) is 3.04. The van der Waals surface area contributed by atoms with Crippen molar-refractivity contribution in [3.05, 3.63) is 53.9 Å². The Hall–Kier alpha value is -1.63. The summed E-state index contributed by atoms with van der Waals surface area (Å²) < 4.78 is 28.7. The van der Waals surface area contributed by atoms with Crippen molar-refractivity contribution in [1.29, 1.82) is 0 Å². The van der Waals surface area contributed by atoms with Gasteiger partial charge in [0.1, 0.15) is 0 Å². The summed E-state index contributed by atoms with van der Waals surface area (Å²) in [5.74, 6) is 0. The fraction of sp³-hybridized carbons (Fsp3) is 0.286. The Bertz CT molecular complexity index is 641.